The summed E-state index contributed by atoms with van der Waals surface area (Å²) < 4.78 is 7.06. The molecule has 0 bridgehead atoms. The number of rotatable bonds is 4. The average molecular weight is 551 g/mol. The van der Waals surface area contributed by atoms with Gasteiger partial charge in [0.15, 0.2) is 0 Å². The van der Waals surface area contributed by atoms with Crippen LogP contribution in [-0.4, -0.2) is 18.5 Å². The minimum Gasteiger partial charge on any atom is -0.293 e. The van der Waals surface area contributed by atoms with Gasteiger partial charge in [-0.05, 0) is 60.2 Å². The highest BCUT2D eigenvalue weighted by Crippen LogP contribution is 2.41. The van der Waals surface area contributed by atoms with Crippen molar-refractivity contribution < 1.29 is 0 Å². The molecule has 0 aliphatic rings. The molecule has 0 radical (unpaired) electrons. The van der Waals surface area contributed by atoms with Crippen molar-refractivity contribution in [2.24, 2.45) is 0 Å². The molecule has 4 heteroatoms. The summed E-state index contributed by atoms with van der Waals surface area (Å²) in [5.41, 5.74) is 12.5. The number of imidazole rings is 2. The van der Waals surface area contributed by atoms with E-state index in [4.69, 9.17) is 4.98 Å². The third-order valence-corrected chi connectivity index (χ3v) is 8.45. The summed E-state index contributed by atoms with van der Waals surface area (Å²) in [4.78, 5) is 5.09. The molecule has 0 aliphatic carbocycles. The monoisotopic (exact) mass is 550 g/mol. The topological polar surface area (TPSA) is 27.2 Å². The number of hydrogen-bond donors (Lipinski definition) is 0. The van der Waals surface area contributed by atoms with Crippen LogP contribution < -0.4 is 0 Å². The fraction of sp³-hybridized carbons (Fsp3) is 0. The molecule has 0 aliphatic heterocycles. The molecule has 0 saturated carbocycles. The molecule has 3 heterocycles. The van der Waals surface area contributed by atoms with E-state index >= 15 is 0 Å². The summed E-state index contributed by atoms with van der Waals surface area (Å²) in [5, 5.41) is 1.23. The van der Waals surface area contributed by atoms with Crippen LogP contribution in [0.2, 0.25) is 0 Å². The molecule has 0 N–H and O–H groups in total. The van der Waals surface area contributed by atoms with Crippen molar-refractivity contribution in [2.45, 2.75) is 0 Å². The molecule has 3 aromatic heterocycles. The summed E-state index contributed by atoms with van der Waals surface area (Å²) in [5.74, 6) is 0.934. The third kappa shape index (κ3) is 3.53. The van der Waals surface area contributed by atoms with Crippen LogP contribution >= 0.6 is 0 Å². The minimum absolute atomic E-state index is 0.934. The summed E-state index contributed by atoms with van der Waals surface area (Å²) in [6.45, 7) is 0. The first-order valence-electron chi connectivity index (χ1n) is 14.6. The number of benzene rings is 6. The van der Waals surface area contributed by atoms with Crippen LogP contribution in [0.15, 0.2) is 158 Å². The number of hydrogen-bond acceptors (Lipinski definition) is 1. The molecular weight excluding hydrogens is 524 g/mol. The quantitative estimate of drug-likeness (QED) is 0.214. The van der Waals surface area contributed by atoms with Crippen molar-refractivity contribution >= 4 is 38.6 Å². The van der Waals surface area contributed by atoms with E-state index in [1.807, 2.05) is 6.07 Å². The van der Waals surface area contributed by atoms with Crippen LogP contribution in [0.4, 0.5) is 0 Å². The van der Waals surface area contributed by atoms with E-state index in [1.165, 1.54) is 33.1 Å². The Labute approximate surface area is 248 Å². The maximum absolute atomic E-state index is 5.09. The Morgan fingerprint density at radius 3 is 1.65 bits per heavy atom. The van der Waals surface area contributed by atoms with Crippen LogP contribution in [-0.2, 0) is 0 Å². The molecular formula is C39H26N4. The van der Waals surface area contributed by atoms with Crippen LogP contribution in [0.25, 0.3) is 72.5 Å². The van der Waals surface area contributed by atoms with Gasteiger partial charge in [-0.1, -0.05) is 103 Å². The Morgan fingerprint density at radius 2 is 0.930 bits per heavy atom. The molecule has 0 atom stereocenters. The highest BCUT2D eigenvalue weighted by Gasteiger charge is 2.22. The first kappa shape index (κ1) is 23.8. The SMILES string of the molecule is c1ccc(-n2c(-c3ccc(-c4c5ccccc5n5c6ccccc6n(-c6ccccc6)c45)cc3)nc3ccccc32)cc1. The standard InChI is InChI=1S/C39H26N4/c1-3-13-29(14-4-1)41-34-20-10-8-18-32(34)40-38(41)28-25-23-27(24-26-28)37-31-17-7-9-19-33(31)43-36-22-12-11-21-35(36)42(39(37)43)30-15-5-2-6-16-30/h1-26H. The first-order valence-corrected chi connectivity index (χ1v) is 14.6. The molecule has 202 valence electrons. The van der Waals surface area contributed by atoms with Gasteiger partial charge in [-0.15, -0.1) is 0 Å². The normalized spacial score (nSPS) is 11.7. The van der Waals surface area contributed by atoms with Crippen molar-refractivity contribution in [3.63, 3.8) is 0 Å². The van der Waals surface area contributed by atoms with Crippen molar-refractivity contribution in [3.05, 3.63) is 158 Å². The van der Waals surface area contributed by atoms with Gasteiger partial charge in [0, 0.05) is 27.9 Å². The lowest BCUT2D eigenvalue weighted by molar-refractivity contribution is 1.10. The molecule has 43 heavy (non-hydrogen) atoms. The third-order valence-electron chi connectivity index (χ3n) is 8.45. The lowest BCUT2D eigenvalue weighted by Crippen LogP contribution is -1.97. The number of nitrogens with zero attached hydrogens (tertiary/aromatic N) is 4. The molecule has 0 saturated heterocycles. The molecule has 0 fully saturated rings. The summed E-state index contributed by atoms with van der Waals surface area (Å²) in [6, 6.07) is 55.8. The van der Waals surface area contributed by atoms with Gasteiger partial charge in [0.1, 0.15) is 11.5 Å². The smallest absolute Gasteiger partial charge is 0.145 e. The Hall–Kier alpha value is -5.87. The molecule has 4 nitrogen and oxygen atoms in total. The second-order valence-corrected chi connectivity index (χ2v) is 10.9. The molecule has 0 spiro atoms. The van der Waals surface area contributed by atoms with Crippen molar-refractivity contribution in [1.29, 1.82) is 0 Å². The zero-order valence-corrected chi connectivity index (χ0v) is 23.3. The van der Waals surface area contributed by atoms with Gasteiger partial charge in [0.05, 0.1) is 27.6 Å². The van der Waals surface area contributed by atoms with Crippen molar-refractivity contribution in [2.75, 3.05) is 0 Å². The van der Waals surface area contributed by atoms with E-state index in [0.717, 1.165) is 39.4 Å². The molecule has 9 aromatic rings. The predicted octanol–water partition coefficient (Wildman–Crippen LogP) is 9.71. The summed E-state index contributed by atoms with van der Waals surface area (Å²) in [6.07, 6.45) is 0. The Bertz CT molecular complexity index is 2430. The van der Waals surface area contributed by atoms with Gasteiger partial charge in [0.25, 0.3) is 0 Å². The summed E-state index contributed by atoms with van der Waals surface area (Å²) in [7, 11) is 0. The van der Waals surface area contributed by atoms with Crippen molar-refractivity contribution in [1.82, 2.24) is 18.5 Å². The van der Waals surface area contributed by atoms with Gasteiger partial charge in [-0.3, -0.25) is 13.5 Å². The molecule has 6 aromatic carbocycles. The molecule has 0 unspecified atom stereocenters. The molecule has 9 rings (SSSR count). The lowest BCUT2D eigenvalue weighted by Gasteiger charge is -2.11. The zero-order valence-electron chi connectivity index (χ0n) is 23.3. The number of para-hydroxylation sites is 7. The maximum Gasteiger partial charge on any atom is 0.145 e. The molecule has 0 amide bonds. The van der Waals surface area contributed by atoms with Gasteiger partial charge in [-0.2, -0.15) is 0 Å². The van der Waals surface area contributed by atoms with E-state index in [1.54, 1.807) is 0 Å². The zero-order chi connectivity index (χ0) is 28.3. The van der Waals surface area contributed by atoms with E-state index in [0.29, 0.717) is 0 Å². The largest absolute Gasteiger partial charge is 0.293 e. The van der Waals surface area contributed by atoms with E-state index in [-0.39, 0.29) is 0 Å². The van der Waals surface area contributed by atoms with Gasteiger partial charge < -0.3 is 0 Å². The fourth-order valence-electron chi connectivity index (χ4n) is 6.61. The highest BCUT2D eigenvalue weighted by molar-refractivity contribution is 6.09. The van der Waals surface area contributed by atoms with E-state index in [2.05, 4.69) is 165 Å². The van der Waals surface area contributed by atoms with E-state index < -0.39 is 0 Å². The first-order chi connectivity index (χ1) is 21.4. The van der Waals surface area contributed by atoms with Crippen molar-refractivity contribution in [3.8, 4) is 33.9 Å². The maximum atomic E-state index is 5.09. The number of aromatic nitrogens is 4. The van der Waals surface area contributed by atoms with Gasteiger partial charge >= 0.3 is 0 Å². The minimum atomic E-state index is 0.934. The Morgan fingerprint density at radius 1 is 0.395 bits per heavy atom. The highest BCUT2D eigenvalue weighted by atomic mass is 15.1. The van der Waals surface area contributed by atoms with Gasteiger partial charge in [0.2, 0.25) is 0 Å². The Balaban J connectivity index is 1.30. The average Bonchev–Trinajstić information content (AvgIpc) is 3.73. The van der Waals surface area contributed by atoms with Crippen LogP contribution in [0, 0.1) is 0 Å². The van der Waals surface area contributed by atoms with Crippen LogP contribution in [0.3, 0.4) is 0 Å². The number of fused-ring (bicyclic) bond motifs is 6. The fourth-order valence-corrected chi connectivity index (χ4v) is 6.61. The predicted molar refractivity (Wildman–Crippen MR) is 177 cm³/mol. The van der Waals surface area contributed by atoms with E-state index in [9.17, 15) is 0 Å². The second kappa shape index (κ2) is 9.33. The van der Waals surface area contributed by atoms with Gasteiger partial charge in [-0.25, -0.2) is 4.98 Å². The van der Waals surface area contributed by atoms with Crippen LogP contribution in [0.5, 0.6) is 0 Å². The lowest BCUT2D eigenvalue weighted by atomic mass is 10.0. The second-order valence-electron chi connectivity index (χ2n) is 10.9. The summed E-state index contributed by atoms with van der Waals surface area (Å²) >= 11 is 0. The Kier molecular flexibility index (Phi) is 5.16. The van der Waals surface area contributed by atoms with Crippen LogP contribution in [0.1, 0.15) is 0 Å².